The molecule has 2 aromatic carbocycles. The van der Waals surface area contributed by atoms with Crippen molar-refractivity contribution in [2.45, 2.75) is 32.1 Å². The summed E-state index contributed by atoms with van der Waals surface area (Å²) in [7, 11) is -3.51. The number of nitrogens with zero attached hydrogens (tertiary/aromatic N) is 3. The van der Waals surface area contributed by atoms with E-state index in [1.54, 1.807) is 24.4 Å². The van der Waals surface area contributed by atoms with E-state index in [0.717, 1.165) is 17.1 Å². The predicted molar refractivity (Wildman–Crippen MR) is 134 cm³/mol. The van der Waals surface area contributed by atoms with Gasteiger partial charge in [0, 0.05) is 37.9 Å². The Bertz CT molecular complexity index is 1280. The summed E-state index contributed by atoms with van der Waals surface area (Å²) in [6.45, 7) is 2.94. The van der Waals surface area contributed by atoms with Gasteiger partial charge in [-0.15, -0.1) is 0 Å². The molecule has 180 valence electrons. The van der Waals surface area contributed by atoms with E-state index in [1.165, 1.54) is 4.31 Å². The molecule has 1 fully saturated rings. The van der Waals surface area contributed by atoms with Gasteiger partial charge in [-0.2, -0.15) is 0 Å². The molecule has 0 bridgehead atoms. The Labute approximate surface area is 209 Å². The minimum atomic E-state index is -3.51. The fraction of sp³-hybridized carbons (Fsp3) is 0.333. The number of hydrogen-bond acceptors (Lipinski definition) is 4. The van der Waals surface area contributed by atoms with Crippen molar-refractivity contribution in [1.82, 2.24) is 19.2 Å². The Morgan fingerprint density at radius 2 is 1.85 bits per heavy atom. The largest absolute Gasteiger partial charge is 0.352 e. The maximum absolute atomic E-state index is 12.9. The normalized spacial score (nSPS) is 15.4. The molecule has 34 heavy (non-hydrogen) atoms. The van der Waals surface area contributed by atoms with E-state index in [-0.39, 0.29) is 17.6 Å². The number of carbonyl (C=O) groups excluding carboxylic acids is 1. The molecule has 0 spiro atoms. The Morgan fingerprint density at radius 3 is 2.53 bits per heavy atom. The van der Waals surface area contributed by atoms with Crippen LogP contribution >= 0.6 is 23.2 Å². The van der Waals surface area contributed by atoms with Crippen LogP contribution in [0.1, 0.15) is 29.8 Å². The molecule has 1 N–H and O–H groups in total. The van der Waals surface area contributed by atoms with Crippen LogP contribution in [-0.2, 0) is 27.1 Å². The first-order chi connectivity index (χ1) is 16.2. The summed E-state index contributed by atoms with van der Waals surface area (Å²) in [5.41, 5.74) is 2.54. The second-order valence-electron chi connectivity index (χ2n) is 8.37. The first-order valence-electron chi connectivity index (χ1n) is 11.0. The monoisotopic (exact) mass is 520 g/mol. The highest BCUT2D eigenvalue weighted by molar-refractivity contribution is 7.88. The molecule has 10 heteroatoms. The number of hydrogen-bond donors (Lipinski definition) is 1. The number of sulfonamides is 1. The van der Waals surface area contributed by atoms with Crippen molar-refractivity contribution in [2.75, 3.05) is 13.1 Å². The number of nitrogens with one attached hydrogen (secondary N) is 1. The van der Waals surface area contributed by atoms with Crippen molar-refractivity contribution in [3.63, 3.8) is 0 Å². The molecule has 4 rings (SSSR count). The van der Waals surface area contributed by atoms with Crippen LogP contribution in [0, 0.1) is 12.8 Å². The summed E-state index contributed by atoms with van der Waals surface area (Å²) in [6, 6.07) is 12.7. The van der Waals surface area contributed by atoms with Gasteiger partial charge in [-0.3, -0.25) is 4.79 Å². The van der Waals surface area contributed by atoms with Crippen molar-refractivity contribution in [2.24, 2.45) is 5.92 Å². The van der Waals surface area contributed by atoms with Gasteiger partial charge >= 0.3 is 0 Å². The number of halogens is 2. The molecule has 0 radical (unpaired) electrons. The Hall–Kier alpha value is -2.39. The van der Waals surface area contributed by atoms with Gasteiger partial charge in [0.25, 0.3) is 0 Å². The molecule has 2 heterocycles. The highest BCUT2D eigenvalue weighted by Gasteiger charge is 2.31. The molecule has 0 atom stereocenters. The van der Waals surface area contributed by atoms with E-state index in [0.29, 0.717) is 48.1 Å². The third kappa shape index (κ3) is 5.63. The summed E-state index contributed by atoms with van der Waals surface area (Å²) >= 11 is 11.9. The smallest absolute Gasteiger partial charge is 0.223 e. The number of aryl methyl sites for hydroxylation is 1. The van der Waals surface area contributed by atoms with Gasteiger partial charge in [-0.1, -0.05) is 47.5 Å². The zero-order valence-corrected chi connectivity index (χ0v) is 21.1. The number of benzene rings is 2. The maximum Gasteiger partial charge on any atom is 0.223 e. The highest BCUT2D eigenvalue weighted by Crippen LogP contribution is 2.26. The minimum absolute atomic E-state index is 0.0568. The van der Waals surface area contributed by atoms with Gasteiger partial charge < -0.3 is 9.88 Å². The average Bonchev–Trinajstić information content (AvgIpc) is 3.25. The highest BCUT2D eigenvalue weighted by atomic mass is 35.5. The fourth-order valence-corrected chi connectivity index (χ4v) is 6.05. The number of carbonyl (C=O) groups is 1. The van der Waals surface area contributed by atoms with E-state index in [1.807, 2.05) is 42.0 Å². The lowest BCUT2D eigenvalue weighted by Gasteiger charge is -2.30. The number of para-hydroxylation sites is 1. The second-order valence-corrected chi connectivity index (χ2v) is 11.2. The van der Waals surface area contributed by atoms with E-state index < -0.39 is 10.0 Å². The van der Waals surface area contributed by atoms with Crippen LogP contribution < -0.4 is 5.32 Å². The molecule has 0 aliphatic carbocycles. The van der Waals surface area contributed by atoms with Crippen molar-refractivity contribution < 1.29 is 13.2 Å². The van der Waals surface area contributed by atoms with Gasteiger partial charge in [0.15, 0.2) is 0 Å². The summed E-state index contributed by atoms with van der Waals surface area (Å²) in [5.74, 6) is 0.441. The third-order valence-electron chi connectivity index (χ3n) is 6.08. The van der Waals surface area contributed by atoms with Crippen LogP contribution in [0.3, 0.4) is 0 Å². The van der Waals surface area contributed by atoms with Crippen molar-refractivity contribution >= 4 is 39.1 Å². The van der Waals surface area contributed by atoms with Crippen molar-refractivity contribution in [3.8, 4) is 5.69 Å². The molecule has 7 nitrogen and oxygen atoms in total. The quantitative estimate of drug-likeness (QED) is 0.501. The molecule has 1 aliphatic rings. The molecule has 0 saturated carbocycles. The number of imidazole rings is 1. The summed E-state index contributed by atoms with van der Waals surface area (Å²) in [6.07, 6.45) is 4.60. The van der Waals surface area contributed by atoms with E-state index in [9.17, 15) is 13.2 Å². The summed E-state index contributed by atoms with van der Waals surface area (Å²) in [5, 5.41) is 3.74. The number of rotatable bonds is 7. The van der Waals surface area contributed by atoms with Crippen molar-refractivity contribution in [3.05, 3.63) is 81.9 Å². The maximum atomic E-state index is 12.9. The molecule has 1 aliphatic heterocycles. The van der Waals surface area contributed by atoms with Crippen molar-refractivity contribution in [1.29, 1.82) is 0 Å². The van der Waals surface area contributed by atoms with Crippen LogP contribution in [0.2, 0.25) is 10.0 Å². The topological polar surface area (TPSA) is 84.3 Å². The number of aromatic nitrogens is 2. The molecule has 1 saturated heterocycles. The van der Waals surface area contributed by atoms with Gasteiger partial charge in [0.05, 0.1) is 21.5 Å². The molecule has 3 aromatic rings. The van der Waals surface area contributed by atoms with Gasteiger partial charge in [-0.25, -0.2) is 17.7 Å². The first kappa shape index (κ1) is 24.7. The zero-order valence-electron chi connectivity index (χ0n) is 18.7. The standard InChI is InChI=1S/C24H26Cl2N4O3S/c1-17-27-10-13-30(17)23-5-3-2-4-20(23)15-28-24(31)19-8-11-29(12-9-19)34(32,33)16-18-6-7-21(25)22(26)14-18/h2-7,10,13-14,19H,8-9,11-12,15-16H2,1H3,(H,28,31). The second kappa shape index (κ2) is 10.5. The van der Waals surface area contributed by atoms with Crippen LogP contribution in [0.5, 0.6) is 0 Å². The molecule has 1 amide bonds. The lowest BCUT2D eigenvalue weighted by molar-refractivity contribution is -0.126. The molecular weight excluding hydrogens is 495 g/mol. The van der Waals surface area contributed by atoms with E-state index >= 15 is 0 Å². The van der Waals surface area contributed by atoms with Crippen LogP contribution in [0.15, 0.2) is 54.9 Å². The first-order valence-corrected chi connectivity index (χ1v) is 13.4. The summed E-state index contributed by atoms with van der Waals surface area (Å²) < 4.78 is 29.2. The van der Waals surface area contributed by atoms with Gasteiger partial charge in [-0.05, 0) is 49.1 Å². The number of piperidine rings is 1. The Morgan fingerprint density at radius 1 is 1.12 bits per heavy atom. The third-order valence-corrected chi connectivity index (χ3v) is 8.67. The minimum Gasteiger partial charge on any atom is -0.352 e. The van der Waals surface area contributed by atoms with E-state index in [2.05, 4.69) is 10.3 Å². The SMILES string of the molecule is Cc1nccn1-c1ccccc1CNC(=O)C1CCN(S(=O)(=O)Cc2ccc(Cl)c(Cl)c2)CC1. The molecule has 1 aromatic heterocycles. The lowest BCUT2D eigenvalue weighted by atomic mass is 9.97. The van der Waals surface area contributed by atoms with Gasteiger partial charge in [0.1, 0.15) is 5.82 Å². The van der Waals surface area contributed by atoms with Crippen LogP contribution in [0.4, 0.5) is 0 Å². The van der Waals surface area contributed by atoms with Gasteiger partial charge in [0.2, 0.25) is 15.9 Å². The predicted octanol–water partition coefficient (Wildman–Crippen LogP) is 4.35. The number of amides is 1. The average molecular weight is 521 g/mol. The fourth-order valence-electron chi connectivity index (χ4n) is 4.18. The van der Waals surface area contributed by atoms with Crippen LogP contribution in [-0.4, -0.2) is 41.3 Å². The van der Waals surface area contributed by atoms with Crippen LogP contribution in [0.25, 0.3) is 5.69 Å². The summed E-state index contributed by atoms with van der Waals surface area (Å²) in [4.78, 5) is 17.1. The zero-order chi connectivity index (χ0) is 24.3. The Balaban J connectivity index is 1.33. The Kier molecular flexibility index (Phi) is 7.62. The lowest BCUT2D eigenvalue weighted by Crippen LogP contribution is -2.43. The molecular formula is C24H26Cl2N4O3S. The van der Waals surface area contributed by atoms with E-state index in [4.69, 9.17) is 23.2 Å². The molecule has 0 unspecified atom stereocenters.